The average Bonchev–Trinajstić information content (AvgIpc) is 3.43. The highest BCUT2D eigenvalue weighted by molar-refractivity contribution is 7.93. The average molecular weight is 921 g/mol. The number of aliphatic hydroxyl groups is 2. The fourth-order valence-corrected chi connectivity index (χ4v) is 8.92. The Kier molecular flexibility index (Phi) is 13.6. The summed E-state index contributed by atoms with van der Waals surface area (Å²) in [5.41, 5.74) is 6.37. The normalized spacial score (nSPS) is 19.9. The van der Waals surface area contributed by atoms with E-state index in [4.69, 9.17) is 15.2 Å². The zero-order chi connectivity index (χ0) is 46.8. The summed E-state index contributed by atoms with van der Waals surface area (Å²) in [4.78, 5) is 52.1. The fourth-order valence-electron chi connectivity index (χ4n) is 7.24. The SMILES string of the molecule is C[C@@](CCN1Cc2cc(C#CC#CC3(O)COC3)cn2C1=O)(C(=O)NO)S(C)(=O)=O.C[C@@](CCN1Cc2cc(C#Cc3ccc(C4C[C@H]4CO)cc3)cn2C1=O)(C(=O)NO)S(C)(=O)=O. The number of carbonyl (C=O) groups excluding carboxylic acids is 4. The molecule has 1 saturated carbocycles. The number of amides is 4. The second-order valence-corrected chi connectivity index (χ2v) is 21.5. The second kappa shape index (κ2) is 18.3. The molecule has 2 aromatic heterocycles. The van der Waals surface area contributed by atoms with E-state index in [0.29, 0.717) is 28.7 Å². The molecule has 21 heteroatoms. The van der Waals surface area contributed by atoms with Crippen LogP contribution in [0.3, 0.4) is 0 Å². The zero-order valence-corrected chi connectivity index (χ0v) is 37.0. The van der Waals surface area contributed by atoms with Gasteiger partial charge < -0.3 is 24.7 Å². The summed E-state index contributed by atoms with van der Waals surface area (Å²) < 4.78 is 52.3. The molecule has 1 aromatic carbocycles. The van der Waals surface area contributed by atoms with Gasteiger partial charge in [-0.3, -0.25) is 29.1 Å². The van der Waals surface area contributed by atoms with Crippen LogP contribution in [-0.4, -0.2) is 141 Å². The number of hydrogen-bond acceptors (Lipinski definition) is 13. The quantitative estimate of drug-likeness (QED) is 0.0825. The number of benzene rings is 1. The van der Waals surface area contributed by atoms with Crippen LogP contribution in [0.1, 0.15) is 72.7 Å². The highest BCUT2D eigenvalue weighted by Crippen LogP contribution is 2.46. The minimum atomic E-state index is -3.84. The first kappa shape index (κ1) is 47.5. The van der Waals surface area contributed by atoms with Gasteiger partial charge in [-0.05, 0) is 92.5 Å². The van der Waals surface area contributed by atoms with Gasteiger partial charge in [-0.15, -0.1) is 0 Å². The largest absolute Gasteiger partial charge is 0.396 e. The summed E-state index contributed by atoms with van der Waals surface area (Å²) in [5.74, 6) is 15.5. The van der Waals surface area contributed by atoms with Crippen molar-refractivity contribution in [1.29, 1.82) is 0 Å². The monoisotopic (exact) mass is 920 g/mol. The molecule has 7 rings (SSSR count). The van der Waals surface area contributed by atoms with E-state index in [1.165, 1.54) is 49.3 Å². The summed E-state index contributed by atoms with van der Waals surface area (Å²) in [6.07, 6.45) is 5.71. The maximum Gasteiger partial charge on any atom is 0.328 e. The molecule has 19 nitrogen and oxygen atoms in total. The van der Waals surface area contributed by atoms with E-state index in [9.17, 15) is 46.2 Å². The van der Waals surface area contributed by atoms with Crippen LogP contribution < -0.4 is 11.0 Å². The van der Waals surface area contributed by atoms with Crippen molar-refractivity contribution in [3.63, 3.8) is 0 Å². The molecule has 3 aromatic rings. The smallest absolute Gasteiger partial charge is 0.328 e. The van der Waals surface area contributed by atoms with Gasteiger partial charge in [0, 0.05) is 72.7 Å². The maximum absolute atomic E-state index is 12.8. The number of hydroxylamine groups is 2. The van der Waals surface area contributed by atoms with Gasteiger partial charge in [0.05, 0.1) is 26.3 Å². The van der Waals surface area contributed by atoms with Crippen LogP contribution in [0, 0.1) is 41.4 Å². The number of fused-ring (bicyclic) bond motifs is 2. The van der Waals surface area contributed by atoms with Crippen LogP contribution in [0.25, 0.3) is 0 Å². The van der Waals surface area contributed by atoms with E-state index in [1.807, 2.05) is 30.3 Å². The van der Waals surface area contributed by atoms with E-state index in [1.54, 1.807) is 18.5 Å². The Labute approximate surface area is 370 Å². The molecular formula is C43H48N6O13S2. The lowest BCUT2D eigenvalue weighted by molar-refractivity contribution is -0.140. The van der Waals surface area contributed by atoms with Gasteiger partial charge in [-0.2, -0.15) is 0 Å². The molecule has 64 heavy (non-hydrogen) atoms. The Balaban J connectivity index is 0.000000214. The van der Waals surface area contributed by atoms with Crippen LogP contribution >= 0.6 is 0 Å². The number of ether oxygens (including phenoxy) is 1. The molecule has 2 fully saturated rings. The number of nitrogens with one attached hydrogen (secondary N) is 2. The Morgan fingerprint density at radius 1 is 0.781 bits per heavy atom. The molecule has 4 aliphatic rings. The van der Waals surface area contributed by atoms with Crippen molar-refractivity contribution in [1.82, 2.24) is 29.9 Å². The van der Waals surface area contributed by atoms with Gasteiger partial charge in [-0.1, -0.05) is 29.9 Å². The molecule has 4 atom stereocenters. The second-order valence-electron chi connectivity index (χ2n) is 16.7. The summed E-state index contributed by atoms with van der Waals surface area (Å²) in [7, 11) is -7.67. The minimum absolute atomic E-state index is 0.00461. The lowest BCUT2D eigenvalue weighted by Gasteiger charge is -2.30. The summed E-state index contributed by atoms with van der Waals surface area (Å²) in [6.45, 7) is 3.49. The molecule has 6 N–H and O–H groups in total. The predicted octanol–water partition coefficient (Wildman–Crippen LogP) is 0.553. The van der Waals surface area contributed by atoms with Gasteiger partial charge in [0.25, 0.3) is 11.8 Å². The molecule has 0 bridgehead atoms. The Bertz CT molecular complexity index is 2780. The zero-order valence-electron chi connectivity index (χ0n) is 35.4. The molecule has 5 heterocycles. The number of aromatic nitrogens is 2. The van der Waals surface area contributed by atoms with Gasteiger partial charge in [0.2, 0.25) is 0 Å². The number of rotatable bonds is 12. The molecule has 1 aliphatic carbocycles. The number of nitrogens with zero attached hydrogens (tertiary/aromatic N) is 4. The molecule has 1 saturated heterocycles. The fraction of sp³-hybridized carbons (Fsp3) is 0.442. The molecule has 0 radical (unpaired) electrons. The summed E-state index contributed by atoms with van der Waals surface area (Å²) in [6, 6.07) is 10.8. The van der Waals surface area contributed by atoms with E-state index in [0.717, 1.165) is 30.2 Å². The molecule has 3 aliphatic heterocycles. The first-order valence-electron chi connectivity index (χ1n) is 19.9. The third kappa shape index (κ3) is 9.89. The van der Waals surface area contributed by atoms with Crippen molar-refractivity contribution in [2.45, 2.75) is 67.2 Å². The van der Waals surface area contributed by atoms with Crippen LogP contribution in [-0.2, 0) is 47.1 Å². The topological polar surface area (TPSA) is 267 Å². The molecule has 0 spiro atoms. The van der Waals surface area contributed by atoms with E-state index >= 15 is 0 Å². The van der Waals surface area contributed by atoms with Crippen LogP contribution in [0.15, 0.2) is 48.8 Å². The van der Waals surface area contributed by atoms with Crippen molar-refractivity contribution in [3.05, 3.63) is 82.4 Å². The Morgan fingerprint density at radius 3 is 1.64 bits per heavy atom. The van der Waals surface area contributed by atoms with Gasteiger partial charge in [0.15, 0.2) is 34.8 Å². The van der Waals surface area contributed by atoms with Crippen molar-refractivity contribution in [2.75, 3.05) is 45.4 Å². The Morgan fingerprint density at radius 2 is 1.25 bits per heavy atom. The Hall–Kier alpha value is -5.96. The number of sulfone groups is 2. The lowest BCUT2D eigenvalue weighted by Crippen LogP contribution is -2.50. The third-order valence-electron chi connectivity index (χ3n) is 12.1. The molecule has 1 unspecified atom stereocenters. The standard InChI is InChI=1S/C24H27N3O6S.C19H21N3O7S/c1-24(22(29)25-31,34(2,32)33)9-10-26-14-20-11-17(13-27(20)23(26)30)4-3-16-5-7-18(8-6-16)21-12-19(21)15-28;1-18(16(23)20-26,30(2,27)28)7-8-21-11-15-9-14(10-22(15)17(21)24)5-3-4-6-19(25)12-29-13-19/h5-8,11,13,19,21,28,31H,9-10,12,14-15H2,1-2H3,(H,25,29);9-10,25-26H,7-8,11-13H2,1-2H3,(H,20,23)/t19-,21?,24+;18-/m01/s1. The van der Waals surface area contributed by atoms with Gasteiger partial charge in [-0.25, -0.2) is 37.4 Å². The maximum atomic E-state index is 12.8. The van der Waals surface area contributed by atoms with Crippen molar-refractivity contribution >= 4 is 43.6 Å². The van der Waals surface area contributed by atoms with E-state index in [2.05, 4.69) is 35.5 Å². The van der Waals surface area contributed by atoms with Crippen LogP contribution in [0.2, 0.25) is 0 Å². The first-order valence-corrected chi connectivity index (χ1v) is 23.7. The predicted molar refractivity (Wildman–Crippen MR) is 228 cm³/mol. The highest BCUT2D eigenvalue weighted by Gasteiger charge is 2.46. The van der Waals surface area contributed by atoms with Crippen molar-refractivity contribution in [3.8, 4) is 35.5 Å². The van der Waals surface area contributed by atoms with Crippen LogP contribution in [0.5, 0.6) is 0 Å². The van der Waals surface area contributed by atoms with Crippen molar-refractivity contribution in [2.24, 2.45) is 5.92 Å². The van der Waals surface area contributed by atoms with E-state index in [-0.39, 0.29) is 70.9 Å². The number of aliphatic hydroxyl groups excluding tert-OH is 1. The third-order valence-corrected chi connectivity index (χ3v) is 16.1. The molecule has 340 valence electrons. The molecule has 4 amide bonds. The molecular weight excluding hydrogens is 873 g/mol. The highest BCUT2D eigenvalue weighted by atomic mass is 32.2. The summed E-state index contributed by atoms with van der Waals surface area (Å²) in [5, 5.41) is 36.8. The number of hydrogen-bond donors (Lipinski definition) is 6. The van der Waals surface area contributed by atoms with Gasteiger partial charge >= 0.3 is 12.1 Å². The van der Waals surface area contributed by atoms with Crippen molar-refractivity contribution < 1.29 is 61.4 Å². The number of carbonyl (C=O) groups is 4. The summed E-state index contributed by atoms with van der Waals surface area (Å²) >= 11 is 0. The van der Waals surface area contributed by atoms with Crippen LogP contribution in [0.4, 0.5) is 9.59 Å². The lowest BCUT2D eigenvalue weighted by atomic mass is 10.0. The first-order chi connectivity index (χ1) is 30.1. The van der Waals surface area contributed by atoms with E-state index < -0.39 is 46.6 Å². The minimum Gasteiger partial charge on any atom is -0.396 e. The van der Waals surface area contributed by atoms with Gasteiger partial charge in [0.1, 0.15) is 0 Å².